The van der Waals surface area contributed by atoms with Gasteiger partial charge < -0.3 is 20.1 Å². The summed E-state index contributed by atoms with van der Waals surface area (Å²) in [4.78, 5) is 17.9. The molecule has 0 bridgehead atoms. The van der Waals surface area contributed by atoms with Crippen LogP contribution in [0.2, 0.25) is 0 Å². The third kappa shape index (κ3) is 5.52. The van der Waals surface area contributed by atoms with Gasteiger partial charge in [0.15, 0.2) is 11.5 Å². The van der Waals surface area contributed by atoms with E-state index >= 15 is 0 Å². The average molecular weight is 394 g/mol. The van der Waals surface area contributed by atoms with Crippen molar-refractivity contribution in [2.75, 3.05) is 14.2 Å². The van der Waals surface area contributed by atoms with E-state index in [-0.39, 0.29) is 42.9 Å². The van der Waals surface area contributed by atoms with Gasteiger partial charge in [-0.15, -0.1) is 23.7 Å². The second-order valence-electron chi connectivity index (χ2n) is 4.86. The lowest BCUT2D eigenvalue weighted by atomic mass is 10.2. The number of benzene rings is 1. The number of methoxy groups -OCH3 is 1. The summed E-state index contributed by atoms with van der Waals surface area (Å²) in [6.45, 7) is -2.48. The van der Waals surface area contributed by atoms with Gasteiger partial charge in [0, 0.05) is 25.5 Å². The number of alkyl halides is 2. The number of hydrogen-bond donors (Lipinski definition) is 1. The van der Waals surface area contributed by atoms with Crippen LogP contribution in [0.25, 0.3) is 0 Å². The predicted molar refractivity (Wildman–Crippen MR) is 92.7 cm³/mol. The Morgan fingerprint density at radius 2 is 2.12 bits per heavy atom. The summed E-state index contributed by atoms with van der Waals surface area (Å²) in [5, 5.41) is 2.31. The lowest BCUT2D eigenvalue weighted by Gasteiger charge is -2.17. The predicted octanol–water partition coefficient (Wildman–Crippen LogP) is 2.91. The molecule has 1 heterocycles. The number of carbonyl (C=O) groups excluding carboxylic acids is 1. The lowest BCUT2D eigenvalue weighted by molar-refractivity contribution is -0.0512. The number of aromatic nitrogens is 1. The van der Waals surface area contributed by atoms with E-state index in [2.05, 4.69) is 9.72 Å². The fraction of sp³-hybridized carbons (Fsp3) is 0.333. The normalized spacial score (nSPS) is 10.3. The zero-order valence-electron chi connectivity index (χ0n) is 13.6. The number of amides is 1. The molecule has 0 aliphatic carbocycles. The smallest absolute Gasteiger partial charge is 0.387 e. The molecule has 0 saturated heterocycles. The highest BCUT2D eigenvalue weighted by atomic mass is 35.5. The molecule has 138 valence electrons. The molecule has 2 N–H and O–H groups in total. The summed E-state index contributed by atoms with van der Waals surface area (Å²) in [7, 11) is 2.96. The Balaban J connectivity index is 0.00000312. The van der Waals surface area contributed by atoms with Gasteiger partial charge in [0.2, 0.25) is 0 Å². The molecule has 1 aromatic heterocycles. The summed E-state index contributed by atoms with van der Waals surface area (Å²) >= 11 is 1.31. The summed E-state index contributed by atoms with van der Waals surface area (Å²) < 4.78 is 34.3. The second-order valence-corrected chi connectivity index (χ2v) is 5.80. The van der Waals surface area contributed by atoms with E-state index in [4.69, 9.17) is 10.5 Å². The SMILES string of the molecule is COc1ccc(CN(C)C(=O)c2csc(CN)n2)cc1OC(F)F.Cl. The van der Waals surface area contributed by atoms with Crippen molar-refractivity contribution >= 4 is 29.7 Å². The largest absolute Gasteiger partial charge is 0.493 e. The molecule has 1 amide bonds. The molecule has 0 atom stereocenters. The van der Waals surface area contributed by atoms with E-state index in [0.717, 1.165) is 0 Å². The van der Waals surface area contributed by atoms with Crippen LogP contribution in [0.5, 0.6) is 11.5 Å². The highest BCUT2D eigenvalue weighted by molar-refractivity contribution is 7.09. The summed E-state index contributed by atoms with van der Waals surface area (Å²) in [5.74, 6) is -0.164. The fourth-order valence-corrected chi connectivity index (χ4v) is 2.70. The highest BCUT2D eigenvalue weighted by Crippen LogP contribution is 2.30. The molecule has 6 nitrogen and oxygen atoms in total. The standard InChI is InChI=1S/C15H17F2N3O3S.ClH/c1-20(14(21)10-8-24-13(6-18)19-10)7-9-3-4-11(22-2)12(5-9)23-15(16)17;/h3-5,8,15H,6-7,18H2,1-2H3;1H. The van der Waals surface area contributed by atoms with Crippen molar-refractivity contribution in [3.8, 4) is 11.5 Å². The molecule has 2 rings (SSSR count). The van der Waals surface area contributed by atoms with Gasteiger partial charge in [0.1, 0.15) is 10.7 Å². The molecule has 10 heteroatoms. The third-order valence-corrected chi connectivity index (χ3v) is 4.03. The molecular weight excluding hydrogens is 376 g/mol. The maximum Gasteiger partial charge on any atom is 0.387 e. The van der Waals surface area contributed by atoms with Crippen LogP contribution in [0, 0.1) is 0 Å². The molecule has 2 aromatic rings. The van der Waals surface area contributed by atoms with E-state index in [1.165, 1.54) is 35.5 Å². The Labute approximate surface area is 154 Å². The van der Waals surface area contributed by atoms with Gasteiger partial charge in [0.25, 0.3) is 5.91 Å². The Morgan fingerprint density at radius 3 is 2.68 bits per heavy atom. The van der Waals surface area contributed by atoms with Crippen LogP contribution >= 0.6 is 23.7 Å². The van der Waals surface area contributed by atoms with E-state index in [0.29, 0.717) is 16.3 Å². The van der Waals surface area contributed by atoms with Gasteiger partial charge in [-0.25, -0.2) is 4.98 Å². The van der Waals surface area contributed by atoms with Crippen molar-refractivity contribution in [1.29, 1.82) is 0 Å². The minimum Gasteiger partial charge on any atom is -0.493 e. The van der Waals surface area contributed by atoms with Crippen LogP contribution in [-0.2, 0) is 13.1 Å². The van der Waals surface area contributed by atoms with Crippen LogP contribution in [-0.4, -0.2) is 36.6 Å². The first-order valence-electron chi connectivity index (χ1n) is 6.96. The lowest BCUT2D eigenvalue weighted by Crippen LogP contribution is -2.26. The minimum atomic E-state index is -2.96. The Morgan fingerprint density at radius 1 is 1.40 bits per heavy atom. The quantitative estimate of drug-likeness (QED) is 0.782. The van der Waals surface area contributed by atoms with Crippen molar-refractivity contribution in [3.63, 3.8) is 0 Å². The molecule has 0 aliphatic rings. The zero-order valence-corrected chi connectivity index (χ0v) is 15.2. The first kappa shape index (κ1) is 21.1. The van der Waals surface area contributed by atoms with E-state index < -0.39 is 6.61 Å². The van der Waals surface area contributed by atoms with Crippen molar-refractivity contribution in [1.82, 2.24) is 9.88 Å². The second kappa shape index (κ2) is 9.50. The maximum absolute atomic E-state index is 12.5. The molecule has 1 aromatic carbocycles. The number of thiazole rings is 1. The van der Waals surface area contributed by atoms with E-state index in [1.54, 1.807) is 18.5 Å². The molecule has 0 saturated carbocycles. The Kier molecular flexibility index (Phi) is 8.01. The van der Waals surface area contributed by atoms with Gasteiger partial charge in [-0.05, 0) is 17.7 Å². The number of rotatable bonds is 7. The van der Waals surface area contributed by atoms with Gasteiger partial charge >= 0.3 is 6.61 Å². The summed E-state index contributed by atoms with van der Waals surface area (Å²) in [6.07, 6.45) is 0. The van der Waals surface area contributed by atoms with Crippen LogP contribution in [0.4, 0.5) is 8.78 Å². The van der Waals surface area contributed by atoms with Crippen molar-refractivity contribution in [3.05, 3.63) is 39.8 Å². The monoisotopic (exact) mass is 393 g/mol. The Bertz CT molecular complexity index is 715. The highest BCUT2D eigenvalue weighted by Gasteiger charge is 2.17. The molecule has 0 radical (unpaired) electrons. The fourth-order valence-electron chi connectivity index (χ4n) is 2.05. The number of ether oxygens (including phenoxy) is 2. The van der Waals surface area contributed by atoms with Crippen LogP contribution in [0.3, 0.4) is 0 Å². The third-order valence-electron chi connectivity index (χ3n) is 3.16. The average Bonchev–Trinajstić information content (AvgIpc) is 3.03. The minimum absolute atomic E-state index is 0. The molecule has 0 aliphatic heterocycles. The first-order chi connectivity index (χ1) is 11.4. The number of hydrogen-bond acceptors (Lipinski definition) is 6. The van der Waals surface area contributed by atoms with Crippen molar-refractivity contribution < 1.29 is 23.0 Å². The molecular formula is C15H18ClF2N3O3S. The Hall–Kier alpha value is -1.97. The van der Waals surface area contributed by atoms with Crippen LogP contribution in [0.15, 0.2) is 23.6 Å². The van der Waals surface area contributed by atoms with Gasteiger partial charge in [-0.3, -0.25) is 4.79 Å². The van der Waals surface area contributed by atoms with Gasteiger partial charge in [0.05, 0.1) is 7.11 Å². The van der Waals surface area contributed by atoms with Gasteiger partial charge in [-0.2, -0.15) is 8.78 Å². The zero-order chi connectivity index (χ0) is 17.7. The molecule has 0 spiro atoms. The summed E-state index contributed by atoms with van der Waals surface area (Å²) in [6, 6.07) is 4.61. The molecule has 0 unspecified atom stereocenters. The molecule has 25 heavy (non-hydrogen) atoms. The number of nitrogens with two attached hydrogens (primary N) is 1. The van der Waals surface area contributed by atoms with Gasteiger partial charge in [-0.1, -0.05) is 6.07 Å². The topological polar surface area (TPSA) is 77.7 Å². The van der Waals surface area contributed by atoms with Crippen molar-refractivity contribution in [2.45, 2.75) is 19.7 Å². The van der Waals surface area contributed by atoms with Crippen LogP contribution in [0.1, 0.15) is 21.1 Å². The van der Waals surface area contributed by atoms with Crippen LogP contribution < -0.4 is 15.2 Å². The number of halogens is 3. The van der Waals surface area contributed by atoms with E-state index in [9.17, 15) is 13.6 Å². The van der Waals surface area contributed by atoms with E-state index in [1.807, 2.05) is 0 Å². The van der Waals surface area contributed by atoms with Crippen molar-refractivity contribution in [2.24, 2.45) is 5.73 Å². The number of carbonyl (C=O) groups is 1. The first-order valence-corrected chi connectivity index (χ1v) is 7.84. The summed E-state index contributed by atoms with van der Waals surface area (Å²) in [5.41, 5.74) is 6.41. The number of nitrogens with zero attached hydrogens (tertiary/aromatic N) is 2. The molecule has 0 fully saturated rings. The maximum atomic E-state index is 12.5.